The maximum absolute atomic E-state index is 12.4. The average molecular weight is 461 g/mol. The van der Waals surface area contributed by atoms with E-state index in [2.05, 4.69) is 12.2 Å². The third-order valence-electron chi connectivity index (χ3n) is 5.16. The van der Waals surface area contributed by atoms with Gasteiger partial charge in [-0.2, -0.15) is 0 Å². The lowest BCUT2D eigenvalue weighted by atomic mass is 9.95. The summed E-state index contributed by atoms with van der Waals surface area (Å²) < 4.78 is 16.1. The molecule has 0 spiro atoms. The molecule has 2 aromatic rings. The molecular formula is C23H28N2O6S. The van der Waals surface area contributed by atoms with Crippen molar-refractivity contribution in [1.29, 1.82) is 0 Å². The van der Waals surface area contributed by atoms with E-state index in [0.29, 0.717) is 28.7 Å². The molecule has 0 aliphatic heterocycles. The Bertz CT molecular complexity index is 1000. The van der Waals surface area contributed by atoms with E-state index >= 15 is 0 Å². The van der Waals surface area contributed by atoms with Crippen LogP contribution in [0.4, 0.5) is 5.00 Å². The number of esters is 1. The molecule has 0 fully saturated rings. The van der Waals surface area contributed by atoms with Gasteiger partial charge in [0.25, 0.3) is 11.8 Å². The number of amides is 2. The molecule has 1 aliphatic carbocycles. The molecule has 172 valence electrons. The molecule has 0 saturated carbocycles. The van der Waals surface area contributed by atoms with Crippen LogP contribution in [0.3, 0.4) is 0 Å². The lowest BCUT2D eigenvalue weighted by molar-refractivity contribution is -0.119. The number of hydrogen-bond acceptors (Lipinski definition) is 7. The van der Waals surface area contributed by atoms with Crippen LogP contribution in [0.1, 0.15) is 63.8 Å². The van der Waals surface area contributed by atoms with E-state index in [1.807, 2.05) is 0 Å². The van der Waals surface area contributed by atoms with Gasteiger partial charge in [-0.25, -0.2) is 4.79 Å². The topological polar surface area (TPSA) is 117 Å². The second kappa shape index (κ2) is 11.0. The Labute approximate surface area is 191 Å². The quantitative estimate of drug-likeness (QED) is 0.412. The third kappa shape index (κ3) is 5.59. The number of nitrogens with two attached hydrogens (primary N) is 1. The van der Waals surface area contributed by atoms with Crippen molar-refractivity contribution in [2.45, 2.75) is 45.4 Å². The summed E-state index contributed by atoms with van der Waals surface area (Å²) in [5.74, 6) is -0.818. The molecule has 3 rings (SSSR count). The van der Waals surface area contributed by atoms with Gasteiger partial charge in [0.1, 0.15) is 5.00 Å². The minimum Gasteiger partial charge on any atom is -0.493 e. The maximum Gasteiger partial charge on any atom is 0.338 e. The molecule has 3 N–H and O–H groups in total. The molecule has 32 heavy (non-hydrogen) atoms. The van der Waals surface area contributed by atoms with Crippen molar-refractivity contribution >= 4 is 34.1 Å². The van der Waals surface area contributed by atoms with Crippen molar-refractivity contribution in [3.8, 4) is 11.5 Å². The first kappa shape index (κ1) is 23.6. The van der Waals surface area contributed by atoms with Crippen LogP contribution in [-0.2, 0) is 22.4 Å². The van der Waals surface area contributed by atoms with Gasteiger partial charge in [-0.05, 0) is 55.9 Å². The van der Waals surface area contributed by atoms with Crippen molar-refractivity contribution in [2.24, 2.45) is 5.73 Å². The molecule has 1 aromatic heterocycles. The molecule has 0 radical (unpaired) electrons. The van der Waals surface area contributed by atoms with Crippen LogP contribution in [-0.4, -0.2) is 38.1 Å². The highest BCUT2D eigenvalue weighted by molar-refractivity contribution is 7.17. The van der Waals surface area contributed by atoms with Gasteiger partial charge in [-0.1, -0.05) is 13.3 Å². The van der Waals surface area contributed by atoms with Crippen LogP contribution in [0.5, 0.6) is 11.5 Å². The summed E-state index contributed by atoms with van der Waals surface area (Å²) in [6.07, 6.45) is 5.58. The Hall–Kier alpha value is -3.07. The van der Waals surface area contributed by atoms with Crippen molar-refractivity contribution in [3.05, 3.63) is 39.8 Å². The summed E-state index contributed by atoms with van der Waals surface area (Å²) in [6.45, 7) is 2.13. The van der Waals surface area contributed by atoms with Gasteiger partial charge in [0.15, 0.2) is 18.1 Å². The van der Waals surface area contributed by atoms with E-state index in [-0.39, 0.29) is 5.56 Å². The fourth-order valence-corrected chi connectivity index (χ4v) is 4.84. The number of thiophene rings is 1. The van der Waals surface area contributed by atoms with Gasteiger partial charge >= 0.3 is 5.97 Å². The zero-order chi connectivity index (χ0) is 23.1. The van der Waals surface area contributed by atoms with Crippen molar-refractivity contribution in [3.63, 3.8) is 0 Å². The number of primary amides is 1. The summed E-state index contributed by atoms with van der Waals surface area (Å²) in [7, 11) is 1.49. The Morgan fingerprint density at radius 1 is 1.16 bits per heavy atom. The van der Waals surface area contributed by atoms with Crippen LogP contribution >= 0.6 is 11.3 Å². The van der Waals surface area contributed by atoms with E-state index in [4.69, 9.17) is 19.9 Å². The number of ether oxygens (including phenoxy) is 3. The monoisotopic (exact) mass is 460 g/mol. The Morgan fingerprint density at radius 3 is 2.66 bits per heavy atom. The van der Waals surface area contributed by atoms with Gasteiger partial charge in [0.05, 0.1) is 24.8 Å². The number of carbonyl (C=O) groups excluding carboxylic acids is 3. The molecule has 1 heterocycles. The van der Waals surface area contributed by atoms with Crippen molar-refractivity contribution in [1.82, 2.24) is 0 Å². The van der Waals surface area contributed by atoms with E-state index in [1.54, 1.807) is 12.1 Å². The van der Waals surface area contributed by atoms with E-state index < -0.39 is 24.4 Å². The smallest absolute Gasteiger partial charge is 0.338 e. The van der Waals surface area contributed by atoms with Crippen LogP contribution in [0.15, 0.2) is 18.2 Å². The summed E-state index contributed by atoms with van der Waals surface area (Å²) in [5, 5.41) is 3.09. The highest BCUT2D eigenvalue weighted by Gasteiger charge is 2.25. The lowest BCUT2D eigenvalue weighted by Crippen LogP contribution is -2.23. The van der Waals surface area contributed by atoms with E-state index in [0.717, 1.165) is 49.0 Å². The summed E-state index contributed by atoms with van der Waals surface area (Å²) in [5.41, 5.74) is 7.08. The zero-order valence-corrected chi connectivity index (χ0v) is 19.1. The van der Waals surface area contributed by atoms with Crippen LogP contribution < -0.4 is 20.5 Å². The Balaban J connectivity index is 1.61. The normalized spacial score (nSPS) is 12.6. The lowest BCUT2D eigenvalue weighted by Gasteiger charge is -2.12. The first-order valence-electron chi connectivity index (χ1n) is 10.7. The van der Waals surface area contributed by atoms with Crippen LogP contribution in [0.25, 0.3) is 0 Å². The number of methoxy groups -OCH3 is 1. The number of unbranched alkanes of at least 4 members (excludes halogenated alkanes) is 1. The molecule has 1 aliphatic rings. The van der Waals surface area contributed by atoms with Crippen molar-refractivity contribution < 1.29 is 28.6 Å². The molecule has 0 saturated heterocycles. The fraction of sp³-hybridized carbons (Fsp3) is 0.435. The summed E-state index contributed by atoms with van der Waals surface area (Å²) in [4.78, 5) is 37.8. The molecular weight excluding hydrogens is 432 g/mol. The van der Waals surface area contributed by atoms with E-state index in [9.17, 15) is 14.4 Å². The second-order valence-electron chi connectivity index (χ2n) is 7.47. The van der Waals surface area contributed by atoms with Crippen LogP contribution in [0, 0.1) is 0 Å². The van der Waals surface area contributed by atoms with Crippen LogP contribution in [0.2, 0.25) is 0 Å². The minimum atomic E-state index is -0.667. The minimum absolute atomic E-state index is 0.238. The van der Waals surface area contributed by atoms with Gasteiger partial charge in [0, 0.05) is 4.88 Å². The zero-order valence-electron chi connectivity index (χ0n) is 18.3. The van der Waals surface area contributed by atoms with Gasteiger partial charge in [-0.15, -0.1) is 11.3 Å². The first-order chi connectivity index (χ1) is 15.4. The van der Waals surface area contributed by atoms with Crippen molar-refractivity contribution in [2.75, 3.05) is 25.6 Å². The molecule has 0 atom stereocenters. The van der Waals surface area contributed by atoms with Gasteiger partial charge in [0.2, 0.25) is 0 Å². The number of rotatable bonds is 10. The average Bonchev–Trinajstić information content (AvgIpc) is 3.15. The third-order valence-corrected chi connectivity index (χ3v) is 6.37. The Morgan fingerprint density at radius 2 is 1.94 bits per heavy atom. The summed E-state index contributed by atoms with van der Waals surface area (Å²) in [6, 6.07) is 4.71. The fourth-order valence-electron chi connectivity index (χ4n) is 3.53. The van der Waals surface area contributed by atoms with Gasteiger partial charge < -0.3 is 25.3 Å². The molecule has 0 unspecified atom stereocenters. The number of aryl methyl sites for hydroxylation is 1. The largest absolute Gasteiger partial charge is 0.493 e. The number of carbonyl (C=O) groups is 3. The first-order valence-corrected chi connectivity index (χ1v) is 11.5. The number of benzene rings is 1. The number of anilines is 1. The predicted octanol–water partition coefficient (Wildman–Crippen LogP) is 3.71. The summed E-state index contributed by atoms with van der Waals surface area (Å²) >= 11 is 1.36. The molecule has 0 bridgehead atoms. The van der Waals surface area contributed by atoms with Gasteiger partial charge in [-0.3, -0.25) is 9.59 Å². The maximum atomic E-state index is 12.4. The van der Waals surface area contributed by atoms with E-state index in [1.165, 1.54) is 24.5 Å². The Kier molecular flexibility index (Phi) is 8.10. The SMILES string of the molecule is CCCCOc1ccc(C(=O)OCC(=O)Nc2sc3c(c2C(N)=O)CCCC3)cc1OC. The number of nitrogens with one attached hydrogen (secondary N) is 1. The molecule has 2 amide bonds. The highest BCUT2D eigenvalue weighted by atomic mass is 32.1. The number of fused-ring (bicyclic) bond motifs is 1. The molecule has 9 heteroatoms. The molecule has 8 nitrogen and oxygen atoms in total. The number of hydrogen-bond donors (Lipinski definition) is 2. The second-order valence-corrected chi connectivity index (χ2v) is 8.58. The predicted molar refractivity (Wildman–Crippen MR) is 122 cm³/mol. The molecule has 1 aromatic carbocycles. The highest BCUT2D eigenvalue weighted by Crippen LogP contribution is 2.37. The standard InChI is InChI=1S/C23H28N2O6S/c1-3-4-11-30-16-10-9-14(12-17(16)29-2)23(28)31-13-19(26)25-22-20(21(24)27)15-7-5-6-8-18(15)32-22/h9-10,12H,3-8,11,13H2,1-2H3,(H2,24,27)(H,25,26).